The average Bonchev–Trinajstić information content (AvgIpc) is 3.15. The number of carbonyl (C=O) groups is 2. The van der Waals surface area contributed by atoms with E-state index in [1.54, 1.807) is 24.0 Å². The van der Waals surface area contributed by atoms with Gasteiger partial charge < -0.3 is 10.6 Å². The third-order valence-electron chi connectivity index (χ3n) is 5.99. The Hall–Kier alpha value is -2.00. The molecule has 1 saturated carbocycles. The zero-order valence-corrected chi connectivity index (χ0v) is 18.0. The van der Waals surface area contributed by atoms with E-state index in [4.69, 9.17) is 5.73 Å². The molecule has 29 heavy (non-hydrogen) atoms. The molecule has 8 nitrogen and oxygen atoms in total. The minimum absolute atomic E-state index is 0.0982. The van der Waals surface area contributed by atoms with Gasteiger partial charge in [0.25, 0.3) is 5.91 Å². The molecule has 1 saturated heterocycles. The number of hydrogen-bond acceptors (Lipinski definition) is 5. The van der Waals surface area contributed by atoms with Crippen LogP contribution in [0.3, 0.4) is 0 Å². The quantitative estimate of drug-likeness (QED) is 0.750. The van der Waals surface area contributed by atoms with Crippen molar-refractivity contribution in [3.8, 4) is 0 Å². The number of sulfonamides is 1. The van der Waals surface area contributed by atoms with Crippen molar-refractivity contribution >= 4 is 21.8 Å². The first-order valence-corrected chi connectivity index (χ1v) is 12.1. The van der Waals surface area contributed by atoms with Gasteiger partial charge in [-0.05, 0) is 44.7 Å². The fraction of sp³-hybridized carbons (Fsp3) is 0.650. The number of rotatable bonds is 6. The summed E-state index contributed by atoms with van der Waals surface area (Å²) in [6.45, 7) is 2.17. The van der Waals surface area contributed by atoms with E-state index in [9.17, 15) is 18.0 Å². The number of aryl methyl sites for hydroxylation is 1. The first-order valence-electron chi connectivity index (χ1n) is 10.2. The van der Waals surface area contributed by atoms with Crippen LogP contribution in [0.1, 0.15) is 72.7 Å². The maximum Gasteiger partial charge on any atom is 0.250 e. The summed E-state index contributed by atoms with van der Waals surface area (Å²) in [6.07, 6.45) is 7.48. The summed E-state index contributed by atoms with van der Waals surface area (Å²) in [6, 6.07) is 3.07. The summed E-state index contributed by atoms with van der Waals surface area (Å²) in [7, 11) is -3.47. The first kappa shape index (κ1) is 21.7. The standard InChI is InChI=1S/C20H30N4O4S/c1-14-16(20(21)26)10-11-17(22-14)18-9-6-12-23(18)19(25)13-24(29(2,27)28)15-7-4-3-5-8-15/h10-11,15,18H,3-9,12-13H2,1-2H3,(H2,21,26)/t18-/m1/s1. The van der Waals surface area contributed by atoms with E-state index >= 15 is 0 Å². The van der Waals surface area contributed by atoms with Gasteiger partial charge in [-0.2, -0.15) is 4.31 Å². The van der Waals surface area contributed by atoms with Crippen molar-refractivity contribution in [2.45, 2.75) is 64.0 Å². The van der Waals surface area contributed by atoms with E-state index in [-0.39, 0.29) is 24.5 Å². The van der Waals surface area contributed by atoms with Crippen LogP contribution < -0.4 is 5.73 Å². The lowest BCUT2D eigenvalue weighted by Crippen LogP contribution is -2.47. The summed E-state index contributed by atoms with van der Waals surface area (Å²) in [5, 5.41) is 0. The van der Waals surface area contributed by atoms with Gasteiger partial charge in [0, 0.05) is 12.6 Å². The fourth-order valence-corrected chi connectivity index (χ4v) is 5.61. The second-order valence-electron chi connectivity index (χ2n) is 8.08. The molecule has 1 atom stereocenters. The van der Waals surface area contributed by atoms with Gasteiger partial charge in [0.2, 0.25) is 15.9 Å². The molecule has 1 aromatic rings. The molecule has 0 unspecified atom stereocenters. The van der Waals surface area contributed by atoms with E-state index in [0.29, 0.717) is 23.5 Å². The van der Waals surface area contributed by atoms with Crippen molar-refractivity contribution < 1.29 is 18.0 Å². The second-order valence-corrected chi connectivity index (χ2v) is 10.0. The van der Waals surface area contributed by atoms with Gasteiger partial charge >= 0.3 is 0 Å². The number of likely N-dealkylation sites (tertiary alicyclic amines) is 1. The molecule has 160 valence electrons. The minimum Gasteiger partial charge on any atom is -0.366 e. The third kappa shape index (κ3) is 4.95. The van der Waals surface area contributed by atoms with E-state index in [0.717, 1.165) is 44.9 Å². The van der Waals surface area contributed by atoms with Crippen LogP contribution in [0.15, 0.2) is 12.1 Å². The Morgan fingerprint density at radius 1 is 1.17 bits per heavy atom. The third-order valence-corrected chi connectivity index (χ3v) is 7.27. The van der Waals surface area contributed by atoms with Gasteiger partial charge in [-0.15, -0.1) is 0 Å². The van der Waals surface area contributed by atoms with Crippen LogP contribution in [0.25, 0.3) is 0 Å². The van der Waals surface area contributed by atoms with Crippen molar-refractivity contribution in [1.82, 2.24) is 14.2 Å². The van der Waals surface area contributed by atoms with Gasteiger partial charge in [0.1, 0.15) is 0 Å². The van der Waals surface area contributed by atoms with Crippen LogP contribution in [0.4, 0.5) is 0 Å². The molecule has 2 amide bonds. The number of pyridine rings is 1. The molecule has 1 aliphatic carbocycles. The molecule has 2 heterocycles. The lowest BCUT2D eigenvalue weighted by molar-refractivity contribution is -0.132. The molecule has 2 N–H and O–H groups in total. The highest BCUT2D eigenvalue weighted by atomic mass is 32.2. The second kappa shape index (κ2) is 8.79. The van der Waals surface area contributed by atoms with E-state index in [2.05, 4.69) is 4.98 Å². The van der Waals surface area contributed by atoms with Gasteiger partial charge in [-0.25, -0.2) is 8.42 Å². The van der Waals surface area contributed by atoms with Crippen LogP contribution in [0.2, 0.25) is 0 Å². The fourth-order valence-electron chi connectivity index (χ4n) is 4.51. The van der Waals surface area contributed by atoms with Crippen LogP contribution in [-0.4, -0.2) is 59.8 Å². The zero-order valence-electron chi connectivity index (χ0n) is 17.1. The Kier molecular flexibility index (Phi) is 6.58. The summed E-state index contributed by atoms with van der Waals surface area (Å²) in [5.41, 5.74) is 6.97. The van der Waals surface area contributed by atoms with Crippen molar-refractivity contribution in [3.63, 3.8) is 0 Å². The van der Waals surface area contributed by atoms with E-state index in [1.165, 1.54) is 10.6 Å². The van der Waals surface area contributed by atoms with E-state index in [1.807, 2.05) is 0 Å². The summed E-state index contributed by atoms with van der Waals surface area (Å²) in [4.78, 5) is 30.8. The molecule has 2 fully saturated rings. The number of nitrogens with zero attached hydrogens (tertiary/aromatic N) is 3. The van der Waals surface area contributed by atoms with E-state index < -0.39 is 15.9 Å². The smallest absolute Gasteiger partial charge is 0.250 e. The molecule has 0 spiro atoms. The SMILES string of the molecule is Cc1nc([C@H]2CCCN2C(=O)CN(C2CCCCC2)S(C)(=O)=O)ccc1C(N)=O. The average molecular weight is 423 g/mol. The lowest BCUT2D eigenvalue weighted by Gasteiger charge is -2.34. The maximum absolute atomic E-state index is 13.1. The molecule has 0 aromatic carbocycles. The number of primary amides is 1. The molecular formula is C20H30N4O4S. The minimum atomic E-state index is -3.47. The summed E-state index contributed by atoms with van der Waals surface area (Å²) >= 11 is 0. The van der Waals surface area contributed by atoms with Gasteiger partial charge in [0.05, 0.1) is 35.8 Å². The molecular weight excluding hydrogens is 392 g/mol. The van der Waals surface area contributed by atoms with Crippen LogP contribution in [0, 0.1) is 6.92 Å². The first-order chi connectivity index (χ1) is 13.7. The molecule has 1 aliphatic heterocycles. The largest absolute Gasteiger partial charge is 0.366 e. The zero-order chi connectivity index (χ0) is 21.2. The van der Waals surface area contributed by atoms with Crippen molar-refractivity contribution in [2.24, 2.45) is 5.73 Å². The Morgan fingerprint density at radius 3 is 2.45 bits per heavy atom. The summed E-state index contributed by atoms with van der Waals surface area (Å²) < 4.78 is 26.1. The number of aromatic nitrogens is 1. The topological polar surface area (TPSA) is 114 Å². The number of amides is 2. The highest BCUT2D eigenvalue weighted by Gasteiger charge is 2.36. The number of nitrogens with two attached hydrogens (primary N) is 1. The van der Waals surface area contributed by atoms with Crippen LogP contribution in [0.5, 0.6) is 0 Å². The van der Waals surface area contributed by atoms with Crippen LogP contribution >= 0.6 is 0 Å². The normalized spacial score (nSPS) is 20.9. The Balaban J connectivity index is 1.78. The Labute approximate surface area is 172 Å². The number of carbonyl (C=O) groups excluding carboxylic acids is 2. The monoisotopic (exact) mass is 422 g/mol. The van der Waals surface area contributed by atoms with Crippen molar-refractivity contribution in [3.05, 3.63) is 29.1 Å². The predicted octanol–water partition coefficient (Wildman–Crippen LogP) is 1.75. The van der Waals surface area contributed by atoms with Gasteiger partial charge in [-0.1, -0.05) is 19.3 Å². The molecule has 0 radical (unpaired) electrons. The molecule has 2 aliphatic rings. The highest BCUT2D eigenvalue weighted by molar-refractivity contribution is 7.88. The summed E-state index contributed by atoms with van der Waals surface area (Å²) in [5.74, 6) is -0.723. The lowest BCUT2D eigenvalue weighted by atomic mass is 9.95. The maximum atomic E-state index is 13.1. The Bertz CT molecular complexity index is 880. The molecule has 1 aromatic heterocycles. The highest BCUT2D eigenvalue weighted by Crippen LogP contribution is 2.32. The Morgan fingerprint density at radius 2 is 1.86 bits per heavy atom. The molecule has 0 bridgehead atoms. The molecule has 9 heteroatoms. The van der Waals surface area contributed by atoms with Crippen LogP contribution in [-0.2, 0) is 14.8 Å². The van der Waals surface area contributed by atoms with Crippen molar-refractivity contribution in [1.29, 1.82) is 0 Å². The van der Waals surface area contributed by atoms with Crippen molar-refractivity contribution in [2.75, 3.05) is 19.3 Å². The molecule has 3 rings (SSSR count). The van der Waals surface area contributed by atoms with Gasteiger partial charge in [0.15, 0.2) is 0 Å². The predicted molar refractivity (Wildman–Crippen MR) is 110 cm³/mol. The number of hydrogen-bond donors (Lipinski definition) is 1. The van der Waals surface area contributed by atoms with Gasteiger partial charge in [-0.3, -0.25) is 14.6 Å².